The van der Waals surface area contributed by atoms with Crippen LogP contribution in [0.25, 0.3) is 0 Å². The molecule has 3 aliphatic heterocycles. The highest BCUT2D eigenvalue weighted by Crippen LogP contribution is 2.30. The average molecular weight is 404 g/mol. The number of carbonyl (C=O) groups excluding carboxylic acids is 2. The van der Waals surface area contributed by atoms with Gasteiger partial charge in [-0.05, 0) is 12.8 Å². The van der Waals surface area contributed by atoms with Gasteiger partial charge >= 0.3 is 16.4 Å². The number of carbonyl (C=O) groups is 2. The molecule has 3 saturated heterocycles. The highest BCUT2D eigenvalue weighted by Gasteiger charge is 2.48. The van der Waals surface area contributed by atoms with Gasteiger partial charge in [0.15, 0.2) is 0 Å². The van der Waals surface area contributed by atoms with E-state index >= 15 is 0 Å². The summed E-state index contributed by atoms with van der Waals surface area (Å²) in [6, 6.07) is -1.93. The van der Waals surface area contributed by atoms with Crippen molar-refractivity contribution in [1.82, 2.24) is 25.5 Å². The third-order valence-corrected chi connectivity index (χ3v) is 5.32. The van der Waals surface area contributed by atoms with Crippen LogP contribution in [0.2, 0.25) is 0 Å². The summed E-state index contributed by atoms with van der Waals surface area (Å²) in [5.41, 5.74) is 0. The molecule has 0 aromatic heterocycles. The molecular formula is C14H24N6O6S. The summed E-state index contributed by atoms with van der Waals surface area (Å²) in [6.45, 7) is 4.30. The van der Waals surface area contributed by atoms with E-state index in [4.69, 9.17) is 9.96 Å². The maximum atomic E-state index is 12.3. The van der Waals surface area contributed by atoms with Crippen LogP contribution in [0.1, 0.15) is 19.3 Å². The van der Waals surface area contributed by atoms with Crippen LogP contribution in [-0.4, -0.2) is 97.0 Å². The molecule has 0 spiro atoms. The van der Waals surface area contributed by atoms with Gasteiger partial charge in [0.05, 0.1) is 12.1 Å². The van der Waals surface area contributed by atoms with Crippen LogP contribution in [0, 0.1) is 5.41 Å². The van der Waals surface area contributed by atoms with Crippen LogP contribution in [-0.2, 0) is 19.5 Å². The van der Waals surface area contributed by atoms with E-state index in [0.717, 1.165) is 26.2 Å². The van der Waals surface area contributed by atoms with Crippen molar-refractivity contribution in [3.63, 3.8) is 0 Å². The van der Waals surface area contributed by atoms with E-state index in [1.807, 2.05) is 0 Å². The molecule has 0 saturated carbocycles. The second-order valence-electron chi connectivity index (χ2n) is 6.81. The number of piperazine rings is 1. The summed E-state index contributed by atoms with van der Waals surface area (Å²) in [4.78, 5) is 27.9. The first-order chi connectivity index (χ1) is 12.7. The molecule has 2 atom stereocenters. The van der Waals surface area contributed by atoms with Gasteiger partial charge in [0.2, 0.25) is 5.91 Å². The first-order valence-electron chi connectivity index (χ1n) is 8.83. The summed E-state index contributed by atoms with van der Waals surface area (Å²) in [5, 5.41) is 14.5. The molecular weight excluding hydrogens is 380 g/mol. The zero-order valence-electron chi connectivity index (χ0n) is 14.8. The lowest BCUT2D eigenvalue weighted by Crippen LogP contribution is -2.51. The third-order valence-electron chi connectivity index (χ3n) is 4.97. The molecule has 27 heavy (non-hydrogen) atoms. The fourth-order valence-electron chi connectivity index (χ4n) is 3.62. The minimum Gasteiger partial charge on any atom is -0.314 e. The lowest BCUT2D eigenvalue weighted by molar-refractivity contribution is -0.120. The van der Waals surface area contributed by atoms with Gasteiger partial charge in [-0.15, -0.1) is 4.28 Å². The molecule has 0 aromatic rings. The Labute approximate surface area is 157 Å². The molecule has 3 aliphatic rings. The molecule has 3 amide bonds. The number of urea groups is 1. The molecule has 12 nitrogen and oxygen atoms in total. The zero-order valence-corrected chi connectivity index (χ0v) is 15.6. The van der Waals surface area contributed by atoms with Gasteiger partial charge in [-0.3, -0.25) is 14.8 Å². The maximum absolute atomic E-state index is 12.3. The van der Waals surface area contributed by atoms with Crippen LogP contribution in [0.3, 0.4) is 0 Å². The number of amidine groups is 1. The highest BCUT2D eigenvalue weighted by molar-refractivity contribution is 7.80. The van der Waals surface area contributed by atoms with Gasteiger partial charge in [0.25, 0.3) is 0 Å². The van der Waals surface area contributed by atoms with Crippen LogP contribution in [0.15, 0.2) is 0 Å². The van der Waals surface area contributed by atoms with Crippen molar-refractivity contribution in [3.05, 3.63) is 0 Å². The molecule has 0 radical (unpaired) electrons. The lowest BCUT2D eigenvalue weighted by Gasteiger charge is -2.31. The molecule has 0 aliphatic carbocycles. The molecule has 3 fully saturated rings. The second-order valence-corrected chi connectivity index (χ2v) is 7.82. The minimum absolute atomic E-state index is 0.0965. The van der Waals surface area contributed by atoms with E-state index in [1.54, 1.807) is 0 Å². The number of piperidine rings is 1. The van der Waals surface area contributed by atoms with E-state index in [-0.39, 0.29) is 24.7 Å². The maximum Gasteiger partial charge on any atom is 0.418 e. The number of nitrogens with zero attached hydrogens (tertiary/aromatic N) is 3. The van der Waals surface area contributed by atoms with Crippen LogP contribution >= 0.6 is 0 Å². The molecule has 0 unspecified atom stereocenters. The highest BCUT2D eigenvalue weighted by atomic mass is 32.3. The van der Waals surface area contributed by atoms with Crippen molar-refractivity contribution < 1.29 is 26.8 Å². The van der Waals surface area contributed by atoms with Gasteiger partial charge in [-0.25, -0.2) is 4.79 Å². The summed E-state index contributed by atoms with van der Waals surface area (Å²) in [7, 11) is -4.81. The predicted octanol–water partition coefficient (Wildman–Crippen LogP) is -1.62. The minimum atomic E-state index is -4.81. The van der Waals surface area contributed by atoms with Crippen LogP contribution < -0.4 is 10.6 Å². The number of hydrogen-bond acceptors (Lipinski definition) is 8. The average Bonchev–Trinajstić information content (AvgIpc) is 2.84. The number of nitrogens with one attached hydrogen (secondary N) is 3. The van der Waals surface area contributed by atoms with E-state index in [0.29, 0.717) is 24.4 Å². The standard InChI is InChI=1S/C14H24N6O6S/c15-13(17-12(21)3-6-18-7-4-16-5-8-18)11-2-1-10-9-19(11)14(22)20(10)26-27(23,24)25/h10-11,16H,1-9H2,(H2,15,17,21)(H,23,24,25)/t10-,11+/m1/s1. The van der Waals surface area contributed by atoms with Crippen LogP contribution in [0.4, 0.5) is 4.79 Å². The Balaban J connectivity index is 1.51. The van der Waals surface area contributed by atoms with Crippen molar-refractivity contribution in [3.8, 4) is 0 Å². The van der Waals surface area contributed by atoms with E-state index in [9.17, 15) is 18.0 Å². The Morgan fingerprint density at radius 2 is 2.04 bits per heavy atom. The normalized spacial score (nSPS) is 26.3. The Bertz CT molecular complexity index is 709. The van der Waals surface area contributed by atoms with Crippen molar-refractivity contribution in [2.45, 2.75) is 31.3 Å². The largest absolute Gasteiger partial charge is 0.418 e. The van der Waals surface area contributed by atoms with E-state index in [2.05, 4.69) is 19.8 Å². The number of hydroxylamine groups is 2. The quantitative estimate of drug-likeness (QED) is 0.234. The SMILES string of the molecule is N=C(NC(=O)CCN1CCNCC1)[C@@H]1CC[C@@H]2CN1C(=O)N2OS(=O)(=O)O. The summed E-state index contributed by atoms with van der Waals surface area (Å²) >= 11 is 0. The second kappa shape index (κ2) is 8.06. The Kier molecular flexibility index (Phi) is 5.95. The fourth-order valence-corrected chi connectivity index (χ4v) is 4.01. The van der Waals surface area contributed by atoms with Crippen molar-refractivity contribution in [2.24, 2.45) is 0 Å². The summed E-state index contributed by atoms with van der Waals surface area (Å²) < 4.78 is 34.9. The molecule has 0 aromatic carbocycles. The topological polar surface area (TPSA) is 155 Å². The Morgan fingerprint density at radius 1 is 1.33 bits per heavy atom. The van der Waals surface area contributed by atoms with Gasteiger partial charge in [0.1, 0.15) is 5.84 Å². The molecule has 3 heterocycles. The third kappa shape index (κ3) is 4.93. The van der Waals surface area contributed by atoms with Gasteiger partial charge in [0, 0.05) is 45.7 Å². The number of rotatable bonds is 6. The van der Waals surface area contributed by atoms with E-state index < -0.39 is 28.5 Å². The number of fused-ring (bicyclic) bond motifs is 2. The first-order valence-corrected chi connectivity index (χ1v) is 10.2. The Morgan fingerprint density at radius 3 is 2.70 bits per heavy atom. The fraction of sp³-hybridized carbons (Fsp3) is 0.786. The van der Waals surface area contributed by atoms with Gasteiger partial charge in [-0.1, -0.05) is 0 Å². The van der Waals surface area contributed by atoms with Gasteiger partial charge in [-0.2, -0.15) is 13.5 Å². The van der Waals surface area contributed by atoms with Crippen molar-refractivity contribution >= 4 is 28.2 Å². The monoisotopic (exact) mass is 404 g/mol. The molecule has 13 heteroatoms. The molecule has 2 bridgehead atoms. The van der Waals surface area contributed by atoms with Gasteiger partial charge < -0.3 is 20.4 Å². The molecule has 152 valence electrons. The number of amides is 3. The summed E-state index contributed by atoms with van der Waals surface area (Å²) in [5.74, 6) is -0.390. The van der Waals surface area contributed by atoms with E-state index in [1.165, 1.54) is 4.90 Å². The smallest absolute Gasteiger partial charge is 0.314 e. The Hall–Kier alpha value is -1.80. The first kappa shape index (κ1) is 19.9. The van der Waals surface area contributed by atoms with Crippen molar-refractivity contribution in [1.29, 1.82) is 5.41 Å². The summed E-state index contributed by atoms with van der Waals surface area (Å²) in [6.07, 6.45) is 1.03. The van der Waals surface area contributed by atoms with Crippen LogP contribution in [0.5, 0.6) is 0 Å². The molecule has 4 N–H and O–H groups in total. The molecule has 3 rings (SSSR count). The van der Waals surface area contributed by atoms with Crippen molar-refractivity contribution in [2.75, 3.05) is 39.3 Å². The zero-order chi connectivity index (χ0) is 19.6. The lowest BCUT2D eigenvalue weighted by atomic mass is 10.00. The number of hydrogen-bond donors (Lipinski definition) is 4. The predicted molar refractivity (Wildman–Crippen MR) is 93.2 cm³/mol.